The Morgan fingerprint density at radius 3 is 2.60 bits per heavy atom. The van der Waals surface area contributed by atoms with Crippen LogP contribution in [0.2, 0.25) is 0 Å². The minimum Gasteiger partial charge on any atom is -0.338 e. The predicted molar refractivity (Wildman–Crippen MR) is 78.1 cm³/mol. The molecule has 1 aromatic carbocycles. The van der Waals surface area contributed by atoms with E-state index >= 15 is 0 Å². The summed E-state index contributed by atoms with van der Waals surface area (Å²) >= 11 is 1.55. The Morgan fingerprint density at radius 2 is 2.10 bits per heavy atom. The summed E-state index contributed by atoms with van der Waals surface area (Å²) in [6.07, 6.45) is 3.24. The number of rotatable bonds is 2. The Labute approximate surface area is 122 Å². The number of carbonyl (C=O) groups excluding carboxylic acids is 1. The van der Waals surface area contributed by atoms with Gasteiger partial charge in [-0.25, -0.2) is 4.39 Å². The van der Waals surface area contributed by atoms with E-state index in [9.17, 15) is 14.4 Å². The second-order valence-electron chi connectivity index (χ2n) is 5.07. The number of halogens is 1. The lowest BCUT2D eigenvalue weighted by Crippen LogP contribution is -2.44. The fourth-order valence-corrected chi connectivity index (χ4v) is 3.02. The Bertz CT molecular complexity index is 559. The maximum atomic E-state index is 13.5. The summed E-state index contributed by atoms with van der Waals surface area (Å²) in [5.41, 5.74) is 0.910. The molecular weight excluding hydrogens is 275 g/mol. The monoisotopic (exact) mass is 292 g/mol. The number of nitrogens with zero attached hydrogens (tertiary/aromatic N) is 2. The summed E-state index contributed by atoms with van der Waals surface area (Å²) in [4.78, 5) is 14.0. The molecule has 0 saturated carbocycles. The molecule has 0 atom stereocenters. The van der Waals surface area contributed by atoms with E-state index in [4.69, 9.17) is 0 Å². The molecule has 1 fully saturated rings. The summed E-state index contributed by atoms with van der Waals surface area (Å²) in [5.74, 6) is -0.514. The highest BCUT2D eigenvalue weighted by molar-refractivity contribution is 8.00. The molecule has 106 valence electrons. The van der Waals surface area contributed by atoms with Crippen molar-refractivity contribution in [3.05, 3.63) is 35.1 Å². The van der Waals surface area contributed by atoms with Gasteiger partial charge in [-0.3, -0.25) is 4.79 Å². The number of nitriles is 1. The van der Waals surface area contributed by atoms with Gasteiger partial charge in [0, 0.05) is 18.7 Å². The third-order valence-corrected chi connectivity index (χ3v) is 5.15. The van der Waals surface area contributed by atoms with Crippen molar-refractivity contribution in [1.82, 2.24) is 4.90 Å². The van der Waals surface area contributed by atoms with Gasteiger partial charge in [0.1, 0.15) is 10.6 Å². The van der Waals surface area contributed by atoms with Crippen LogP contribution in [0.15, 0.2) is 18.2 Å². The standard InChI is InChI=1S/C15H17FN2OS/c1-11-3-4-12(9-13(11)16)14(19)18-7-5-15(10-17,20-2)6-8-18/h3-4,9H,5-8H2,1-2H3. The maximum absolute atomic E-state index is 13.5. The summed E-state index contributed by atoms with van der Waals surface area (Å²) < 4.78 is 13.1. The fraction of sp³-hybridized carbons (Fsp3) is 0.467. The predicted octanol–water partition coefficient (Wildman–Crippen LogP) is 3.00. The van der Waals surface area contributed by atoms with Crippen LogP contribution in [0.5, 0.6) is 0 Å². The zero-order chi connectivity index (χ0) is 14.8. The van der Waals surface area contributed by atoms with E-state index in [-0.39, 0.29) is 16.5 Å². The normalized spacial score (nSPS) is 17.6. The molecule has 2 rings (SSSR count). The van der Waals surface area contributed by atoms with Crippen LogP contribution in [0.25, 0.3) is 0 Å². The summed E-state index contributed by atoms with van der Waals surface area (Å²) in [7, 11) is 0. The molecule has 1 amide bonds. The summed E-state index contributed by atoms with van der Waals surface area (Å²) in [6, 6.07) is 6.91. The quantitative estimate of drug-likeness (QED) is 0.841. The molecule has 20 heavy (non-hydrogen) atoms. The number of carbonyl (C=O) groups is 1. The zero-order valence-corrected chi connectivity index (χ0v) is 12.5. The van der Waals surface area contributed by atoms with Gasteiger partial charge in [0.2, 0.25) is 0 Å². The van der Waals surface area contributed by atoms with Gasteiger partial charge in [-0.1, -0.05) is 6.07 Å². The molecule has 5 heteroatoms. The van der Waals surface area contributed by atoms with Gasteiger partial charge in [0.15, 0.2) is 0 Å². The lowest BCUT2D eigenvalue weighted by atomic mass is 9.96. The molecular formula is C15H17FN2OS. The van der Waals surface area contributed by atoms with Crippen LogP contribution >= 0.6 is 11.8 Å². The molecule has 1 aromatic rings. The zero-order valence-electron chi connectivity index (χ0n) is 11.6. The Balaban J connectivity index is 2.09. The average Bonchev–Trinajstić information content (AvgIpc) is 2.49. The van der Waals surface area contributed by atoms with E-state index in [1.165, 1.54) is 6.07 Å². The van der Waals surface area contributed by atoms with E-state index in [0.717, 1.165) is 0 Å². The first-order valence-corrected chi connectivity index (χ1v) is 7.76. The molecule has 3 nitrogen and oxygen atoms in total. The van der Waals surface area contributed by atoms with Gasteiger partial charge in [-0.15, -0.1) is 11.8 Å². The number of hydrogen-bond donors (Lipinski definition) is 0. The van der Waals surface area contributed by atoms with E-state index in [2.05, 4.69) is 6.07 Å². The molecule has 0 spiro atoms. The van der Waals surface area contributed by atoms with E-state index in [1.54, 1.807) is 35.7 Å². The van der Waals surface area contributed by atoms with Crippen LogP contribution in [0.3, 0.4) is 0 Å². The Hall–Kier alpha value is -1.54. The number of benzene rings is 1. The van der Waals surface area contributed by atoms with Crippen molar-refractivity contribution >= 4 is 17.7 Å². The minimum atomic E-state index is -0.380. The molecule has 1 aliphatic heterocycles. The van der Waals surface area contributed by atoms with E-state index in [0.29, 0.717) is 37.1 Å². The highest BCUT2D eigenvalue weighted by Crippen LogP contribution is 2.34. The van der Waals surface area contributed by atoms with Crippen LogP contribution < -0.4 is 0 Å². The second kappa shape index (κ2) is 5.84. The number of amides is 1. The Kier molecular flexibility index (Phi) is 4.34. The minimum absolute atomic E-state index is 0.156. The maximum Gasteiger partial charge on any atom is 0.253 e. The highest BCUT2D eigenvalue weighted by Gasteiger charge is 2.35. The van der Waals surface area contributed by atoms with Crippen LogP contribution in [-0.2, 0) is 0 Å². The number of piperidine rings is 1. The van der Waals surface area contributed by atoms with Crippen molar-refractivity contribution in [2.24, 2.45) is 0 Å². The van der Waals surface area contributed by atoms with Crippen LogP contribution in [0.4, 0.5) is 4.39 Å². The van der Waals surface area contributed by atoms with Gasteiger partial charge in [-0.05, 0) is 43.7 Å². The molecule has 0 aliphatic carbocycles. The van der Waals surface area contributed by atoms with Crippen molar-refractivity contribution in [2.75, 3.05) is 19.3 Å². The topological polar surface area (TPSA) is 44.1 Å². The van der Waals surface area contributed by atoms with Crippen molar-refractivity contribution < 1.29 is 9.18 Å². The van der Waals surface area contributed by atoms with E-state index in [1.807, 2.05) is 6.26 Å². The summed E-state index contributed by atoms with van der Waals surface area (Å²) in [5, 5.41) is 9.23. The first-order chi connectivity index (χ1) is 9.51. The average molecular weight is 292 g/mol. The van der Waals surface area contributed by atoms with Gasteiger partial charge in [0.05, 0.1) is 6.07 Å². The molecule has 0 aromatic heterocycles. The number of aryl methyl sites for hydroxylation is 1. The van der Waals surface area contributed by atoms with Crippen molar-refractivity contribution in [3.63, 3.8) is 0 Å². The van der Waals surface area contributed by atoms with E-state index < -0.39 is 0 Å². The summed E-state index contributed by atoms with van der Waals surface area (Å²) in [6.45, 7) is 2.76. The SMILES string of the molecule is CSC1(C#N)CCN(C(=O)c2ccc(C)c(F)c2)CC1. The smallest absolute Gasteiger partial charge is 0.253 e. The van der Waals surface area contributed by atoms with Gasteiger partial charge < -0.3 is 4.90 Å². The fourth-order valence-electron chi connectivity index (χ4n) is 2.34. The molecule has 1 heterocycles. The molecule has 0 unspecified atom stereocenters. The lowest BCUT2D eigenvalue weighted by Gasteiger charge is -2.36. The van der Waals surface area contributed by atoms with Gasteiger partial charge >= 0.3 is 0 Å². The van der Waals surface area contributed by atoms with Crippen molar-refractivity contribution in [3.8, 4) is 6.07 Å². The first kappa shape index (κ1) is 14.9. The molecule has 0 N–H and O–H groups in total. The lowest BCUT2D eigenvalue weighted by molar-refractivity contribution is 0.0716. The number of thioether (sulfide) groups is 1. The first-order valence-electron chi connectivity index (χ1n) is 6.53. The Morgan fingerprint density at radius 1 is 1.45 bits per heavy atom. The van der Waals surface area contributed by atoms with Crippen LogP contribution in [-0.4, -0.2) is 34.9 Å². The third-order valence-electron chi connectivity index (χ3n) is 3.87. The van der Waals surface area contributed by atoms with Crippen molar-refractivity contribution in [1.29, 1.82) is 5.26 Å². The third kappa shape index (κ3) is 2.80. The van der Waals surface area contributed by atoms with Crippen molar-refractivity contribution in [2.45, 2.75) is 24.5 Å². The second-order valence-corrected chi connectivity index (χ2v) is 6.26. The molecule has 0 bridgehead atoms. The van der Waals surface area contributed by atoms with Crippen LogP contribution in [0, 0.1) is 24.1 Å². The van der Waals surface area contributed by atoms with Gasteiger partial charge in [0.25, 0.3) is 5.91 Å². The molecule has 0 radical (unpaired) electrons. The number of likely N-dealkylation sites (tertiary alicyclic amines) is 1. The largest absolute Gasteiger partial charge is 0.338 e. The molecule has 1 aliphatic rings. The highest BCUT2D eigenvalue weighted by atomic mass is 32.2. The number of hydrogen-bond acceptors (Lipinski definition) is 3. The molecule has 1 saturated heterocycles. The van der Waals surface area contributed by atoms with Gasteiger partial charge in [-0.2, -0.15) is 5.26 Å². The van der Waals surface area contributed by atoms with Crippen LogP contribution in [0.1, 0.15) is 28.8 Å².